The molecule has 2 aromatic rings. The van der Waals surface area contributed by atoms with Crippen LogP contribution in [-0.4, -0.2) is 27.7 Å². The number of hydrogen-bond donors (Lipinski definition) is 1. The van der Waals surface area contributed by atoms with E-state index in [4.69, 9.17) is 0 Å². The van der Waals surface area contributed by atoms with Crippen LogP contribution in [0.4, 0.5) is 0 Å². The summed E-state index contributed by atoms with van der Waals surface area (Å²) in [5.74, 6) is 1.77. The number of fused-ring (bicyclic) bond motifs is 1. The van der Waals surface area contributed by atoms with E-state index in [2.05, 4.69) is 43.0 Å². The highest BCUT2D eigenvalue weighted by molar-refractivity contribution is 8.00. The molecular formula is C18H25N3OS2. The number of aryl methyl sites for hydroxylation is 2. The van der Waals surface area contributed by atoms with Gasteiger partial charge in [-0.1, -0.05) is 38.5 Å². The maximum absolute atomic E-state index is 12.4. The first-order chi connectivity index (χ1) is 11.5. The molecule has 0 spiro atoms. The number of hydrogen-bond acceptors (Lipinski definition) is 5. The van der Waals surface area contributed by atoms with Crippen molar-refractivity contribution in [2.75, 3.05) is 5.75 Å². The fraction of sp³-hybridized carbons (Fsp3) is 0.611. The van der Waals surface area contributed by atoms with Crippen molar-refractivity contribution in [3.8, 4) is 0 Å². The lowest BCUT2D eigenvalue weighted by molar-refractivity contribution is -0.119. The van der Waals surface area contributed by atoms with Gasteiger partial charge in [0.05, 0.1) is 5.75 Å². The zero-order valence-corrected chi connectivity index (χ0v) is 16.4. The van der Waals surface area contributed by atoms with Crippen LogP contribution in [0, 0.1) is 25.7 Å². The van der Waals surface area contributed by atoms with Gasteiger partial charge >= 0.3 is 0 Å². The van der Waals surface area contributed by atoms with E-state index in [0.29, 0.717) is 23.6 Å². The van der Waals surface area contributed by atoms with E-state index >= 15 is 0 Å². The van der Waals surface area contributed by atoms with E-state index < -0.39 is 0 Å². The number of carbonyl (C=O) groups excluding carboxylic acids is 1. The van der Waals surface area contributed by atoms with E-state index in [9.17, 15) is 4.79 Å². The SMILES string of the molecule is Cc1sc2ncnc(SCC(=O)N[C@H]3CCC[C@@H](C)[C@@H]3C)c2c1C. The molecule has 1 N–H and O–H groups in total. The van der Waals surface area contributed by atoms with E-state index in [1.165, 1.54) is 35.0 Å². The topological polar surface area (TPSA) is 54.9 Å². The fourth-order valence-corrected chi connectivity index (χ4v) is 5.36. The molecule has 130 valence electrons. The second kappa shape index (κ2) is 7.40. The Kier molecular flexibility index (Phi) is 5.45. The van der Waals surface area contributed by atoms with Crippen LogP contribution in [0.25, 0.3) is 10.2 Å². The minimum absolute atomic E-state index is 0.113. The van der Waals surface area contributed by atoms with E-state index in [1.807, 2.05) is 0 Å². The second-order valence-electron chi connectivity index (χ2n) is 6.87. The Morgan fingerprint density at radius 3 is 2.92 bits per heavy atom. The van der Waals surface area contributed by atoms with Crippen molar-refractivity contribution in [1.82, 2.24) is 15.3 Å². The van der Waals surface area contributed by atoms with Crippen LogP contribution in [0.15, 0.2) is 11.4 Å². The molecular weight excluding hydrogens is 338 g/mol. The Hall–Kier alpha value is -1.14. The van der Waals surface area contributed by atoms with Crippen LogP contribution in [0.5, 0.6) is 0 Å². The summed E-state index contributed by atoms with van der Waals surface area (Å²) in [6.45, 7) is 8.76. The van der Waals surface area contributed by atoms with Crippen molar-refractivity contribution in [2.24, 2.45) is 11.8 Å². The first-order valence-electron chi connectivity index (χ1n) is 8.60. The summed E-state index contributed by atoms with van der Waals surface area (Å²) >= 11 is 3.21. The fourth-order valence-electron chi connectivity index (χ4n) is 3.43. The third-order valence-electron chi connectivity index (χ3n) is 5.32. The van der Waals surface area contributed by atoms with Gasteiger partial charge in [-0.2, -0.15) is 0 Å². The maximum Gasteiger partial charge on any atom is 0.230 e. The van der Waals surface area contributed by atoms with Gasteiger partial charge in [-0.3, -0.25) is 4.79 Å². The Bertz CT molecular complexity index is 743. The molecule has 1 amide bonds. The molecule has 4 nitrogen and oxygen atoms in total. The molecule has 1 fully saturated rings. The number of amides is 1. The van der Waals surface area contributed by atoms with Gasteiger partial charge in [0.1, 0.15) is 16.2 Å². The number of carbonyl (C=O) groups is 1. The number of nitrogens with zero attached hydrogens (tertiary/aromatic N) is 2. The predicted molar refractivity (Wildman–Crippen MR) is 102 cm³/mol. The van der Waals surface area contributed by atoms with Crippen molar-refractivity contribution in [3.63, 3.8) is 0 Å². The van der Waals surface area contributed by atoms with Gasteiger partial charge in [0.25, 0.3) is 0 Å². The monoisotopic (exact) mass is 363 g/mol. The maximum atomic E-state index is 12.4. The van der Waals surface area contributed by atoms with Crippen LogP contribution < -0.4 is 5.32 Å². The van der Waals surface area contributed by atoms with Crippen molar-refractivity contribution >= 4 is 39.2 Å². The number of thioether (sulfide) groups is 1. The molecule has 1 aliphatic rings. The van der Waals surface area contributed by atoms with E-state index in [0.717, 1.165) is 21.7 Å². The van der Waals surface area contributed by atoms with Crippen molar-refractivity contribution in [1.29, 1.82) is 0 Å². The Morgan fingerprint density at radius 1 is 1.33 bits per heavy atom. The predicted octanol–water partition coefficient (Wildman–Crippen LogP) is 4.34. The van der Waals surface area contributed by atoms with Gasteiger partial charge in [0, 0.05) is 16.3 Å². The quantitative estimate of drug-likeness (QED) is 0.648. The molecule has 3 rings (SSSR count). The zero-order chi connectivity index (χ0) is 17.3. The van der Waals surface area contributed by atoms with Gasteiger partial charge in [-0.15, -0.1) is 11.3 Å². The molecule has 0 bridgehead atoms. The first-order valence-corrected chi connectivity index (χ1v) is 10.4. The average Bonchev–Trinajstić information content (AvgIpc) is 2.85. The van der Waals surface area contributed by atoms with Gasteiger partial charge in [0.2, 0.25) is 5.91 Å². The van der Waals surface area contributed by atoms with Gasteiger partial charge in [-0.25, -0.2) is 9.97 Å². The molecule has 0 unspecified atom stereocenters. The minimum Gasteiger partial charge on any atom is -0.352 e. The largest absolute Gasteiger partial charge is 0.352 e. The molecule has 6 heteroatoms. The lowest BCUT2D eigenvalue weighted by Crippen LogP contribution is -2.44. The smallest absolute Gasteiger partial charge is 0.230 e. The van der Waals surface area contributed by atoms with Crippen molar-refractivity contribution in [2.45, 2.75) is 58.0 Å². The number of aromatic nitrogens is 2. The third-order valence-corrected chi connectivity index (χ3v) is 7.43. The summed E-state index contributed by atoms with van der Waals surface area (Å²) < 4.78 is 0. The summed E-state index contributed by atoms with van der Waals surface area (Å²) in [5.41, 5.74) is 1.23. The zero-order valence-electron chi connectivity index (χ0n) is 14.8. The second-order valence-corrected chi connectivity index (χ2v) is 9.04. The molecule has 24 heavy (non-hydrogen) atoms. The van der Waals surface area contributed by atoms with Crippen molar-refractivity contribution < 1.29 is 4.79 Å². The van der Waals surface area contributed by atoms with Gasteiger partial charge < -0.3 is 5.32 Å². The highest BCUT2D eigenvalue weighted by atomic mass is 32.2. The number of nitrogens with one attached hydrogen (secondary N) is 1. The highest BCUT2D eigenvalue weighted by Gasteiger charge is 2.28. The van der Waals surface area contributed by atoms with Crippen LogP contribution >= 0.6 is 23.1 Å². The van der Waals surface area contributed by atoms with Crippen LogP contribution in [0.1, 0.15) is 43.6 Å². The van der Waals surface area contributed by atoms with Crippen LogP contribution in [0.2, 0.25) is 0 Å². The molecule has 0 aromatic carbocycles. The third kappa shape index (κ3) is 3.59. The standard InChI is InChI=1S/C18H25N3OS2/c1-10-6-5-7-14(11(10)2)21-15(22)8-23-17-16-12(3)13(4)24-18(16)20-9-19-17/h9-11,14H,5-8H2,1-4H3,(H,21,22)/t10-,11+,14+/m1/s1. The summed E-state index contributed by atoms with van der Waals surface area (Å²) in [7, 11) is 0. The Labute approximate surface area is 151 Å². The lowest BCUT2D eigenvalue weighted by Gasteiger charge is -2.34. The average molecular weight is 364 g/mol. The molecule has 0 aliphatic heterocycles. The molecule has 2 aromatic heterocycles. The number of rotatable bonds is 4. The molecule has 1 aliphatic carbocycles. The van der Waals surface area contributed by atoms with Crippen LogP contribution in [0.3, 0.4) is 0 Å². The normalized spacial score (nSPS) is 24.2. The minimum atomic E-state index is 0.113. The summed E-state index contributed by atoms with van der Waals surface area (Å²) in [5, 5.41) is 5.26. The van der Waals surface area contributed by atoms with Gasteiger partial charge in [0.15, 0.2) is 0 Å². The first kappa shape index (κ1) is 17.7. The number of thiophene rings is 1. The molecule has 0 radical (unpaired) electrons. The molecule has 0 saturated heterocycles. The van der Waals surface area contributed by atoms with E-state index in [-0.39, 0.29) is 5.91 Å². The Morgan fingerprint density at radius 2 is 2.12 bits per heavy atom. The molecule has 3 atom stereocenters. The lowest BCUT2D eigenvalue weighted by atomic mass is 9.78. The summed E-state index contributed by atoms with van der Waals surface area (Å²) in [4.78, 5) is 23.4. The summed E-state index contributed by atoms with van der Waals surface area (Å²) in [6.07, 6.45) is 5.19. The molecule has 2 heterocycles. The van der Waals surface area contributed by atoms with E-state index in [1.54, 1.807) is 17.7 Å². The highest BCUT2D eigenvalue weighted by Crippen LogP contribution is 2.34. The van der Waals surface area contributed by atoms with Gasteiger partial charge in [-0.05, 0) is 37.7 Å². The van der Waals surface area contributed by atoms with Crippen molar-refractivity contribution in [3.05, 3.63) is 16.8 Å². The molecule has 1 saturated carbocycles. The Balaban J connectivity index is 1.64. The summed E-state index contributed by atoms with van der Waals surface area (Å²) in [6, 6.07) is 0.317. The van der Waals surface area contributed by atoms with Crippen LogP contribution in [-0.2, 0) is 4.79 Å².